The minimum Gasteiger partial charge on any atom is -0.496 e. The third-order valence-electron chi connectivity index (χ3n) is 5.59. The van der Waals surface area contributed by atoms with Crippen LogP contribution in [0.5, 0.6) is 5.75 Å². The van der Waals surface area contributed by atoms with Gasteiger partial charge in [0.1, 0.15) is 17.4 Å². The van der Waals surface area contributed by atoms with E-state index in [0.717, 1.165) is 66.3 Å². The SMILES string of the molecule is COc1ccc(C(C)=O)cc1CN1CCN(Cc2nc(N)c3ccccc3n2)CC1. The summed E-state index contributed by atoms with van der Waals surface area (Å²) in [5.74, 6) is 2.18. The fourth-order valence-corrected chi connectivity index (χ4v) is 3.89. The smallest absolute Gasteiger partial charge is 0.159 e. The van der Waals surface area contributed by atoms with Crippen LogP contribution in [0, 0.1) is 0 Å². The summed E-state index contributed by atoms with van der Waals surface area (Å²) in [6, 6.07) is 13.5. The van der Waals surface area contributed by atoms with Crippen LogP contribution >= 0.6 is 0 Å². The van der Waals surface area contributed by atoms with Crippen LogP contribution in [-0.2, 0) is 13.1 Å². The van der Waals surface area contributed by atoms with E-state index < -0.39 is 0 Å². The molecule has 0 amide bonds. The molecule has 2 N–H and O–H groups in total. The zero-order chi connectivity index (χ0) is 21.1. The number of ether oxygens (including phenoxy) is 1. The summed E-state index contributed by atoms with van der Waals surface area (Å²) in [5, 5.41) is 0.896. The third-order valence-corrected chi connectivity index (χ3v) is 5.59. The number of nitrogens with zero attached hydrogens (tertiary/aromatic N) is 4. The number of benzene rings is 2. The normalized spacial score (nSPS) is 15.4. The molecule has 7 nitrogen and oxygen atoms in total. The van der Waals surface area contributed by atoms with Crippen molar-refractivity contribution >= 4 is 22.5 Å². The number of methoxy groups -OCH3 is 1. The predicted molar refractivity (Wildman–Crippen MR) is 118 cm³/mol. The molecule has 0 saturated carbocycles. The van der Waals surface area contributed by atoms with Crippen molar-refractivity contribution in [3.8, 4) is 5.75 Å². The first-order chi connectivity index (χ1) is 14.5. The highest BCUT2D eigenvalue weighted by Gasteiger charge is 2.20. The van der Waals surface area contributed by atoms with E-state index in [9.17, 15) is 4.79 Å². The zero-order valence-electron chi connectivity index (χ0n) is 17.5. The van der Waals surface area contributed by atoms with Gasteiger partial charge in [-0.25, -0.2) is 9.97 Å². The summed E-state index contributed by atoms with van der Waals surface area (Å²) in [6.07, 6.45) is 0. The Balaban J connectivity index is 1.39. The minimum atomic E-state index is 0.0679. The highest BCUT2D eigenvalue weighted by molar-refractivity contribution is 5.94. The average Bonchev–Trinajstić information content (AvgIpc) is 2.75. The molecule has 1 fully saturated rings. The molecule has 3 aromatic rings. The van der Waals surface area contributed by atoms with Crippen molar-refractivity contribution in [3.05, 3.63) is 59.4 Å². The molecule has 1 aliphatic rings. The van der Waals surface area contributed by atoms with E-state index in [1.807, 2.05) is 42.5 Å². The van der Waals surface area contributed by atoms with E-state index in [-0.39, 0.29) is 5.78 Å². The second kappa shape index (κ2) is 8.77. The summed E-state index contributed by atoms with van der Waals surface area (Å²) in [4.78, 5) is 25.6. The van der Waals surface area contributed by atoms with Crippen LogP contribution in [0.3, 0.4) is 0 Å². The van der Waals surface area contributed by atoms with Gasteiger partial charge < -0.3 is 10.5 Å². The van der Waals surface area contributed by atoms with Crippen LogP contribution in [0.2, 0.25) is 0 Å². The lowest BCUT2D eigenvalue weighted by atomic mass is 10.1. The molecule has 30 heavy (non-hydrogen) atoms. The Labute approximate surface area is 176 Å². The van der Waals surface area contributed by atoms with Gasteiger partial charge in [0, 0.05) is 49.2 Å². The minimum absolute atomic E-state index is 0.0679. The summed E-state index contributed by atoms with van der Waals surface area (Å²) >= 11 is 0. The molecule has 1 aliphatic heterocycles. The maximum atomic E-state index is 11.7. The maximum absolute atomic E-state index is 11.7. The van der Waals surface area contributed by atoms with Gasteiger partial charge in [-0.05, 0) is 37.3 Å². The monoisotopic (exact) mass is 405 g/mol. The van der Waals surface area contributed by atoms with Gasteiger partial charge in [0.05, 0.1) is 19.2 Å². The van der Waals surface area contributed by atoms with Crippen LogP contribution < -0.4 is 10.5 Å². The van der Waals surface area contributed by atoms with Gasteiger partial charge >= 0.3 is 0 Å². The first kappa shape index (κ1) is 20.3. The van der Waals surface area contributed by atoms with E-state index in [0.29, 0.717) is 12.4 Å². The van der Waals surface area contributed by atoms with Crippen molar-refractivity contribution in [1.82, 2.24) is 19.8 Å². The van der Waals surface area contributed by atoms with Gasteiger partial charge in [-0.1, -0.05) is 12.1 Å². The standard InChI is InChI=1S/C23H27N5O2/c1-16(29)17-7-8-21(30-2)18(13-17)14-27-9-11-28(12-10-27)15-22-25-20-6-4-3-5-19(20)23(24)26-22/h3-8,13H,9-12,14-15H2,1-2H3,(H2,24,25,26). The van der Waals surface area contributed by atoms with Gasteiger partial charge in [0.2, 0.25) is 0 Å². The van der Waals surface area contributed by atoms with Gasteiger partial charge in [-0.15, -0.1) is 0 Å². The van der Waals surface area contributed by atoms with Crippen molar-refractivity contribution in [2.45, 2.75) is 20.0 Å². The van der Waals surface area contributed by atoms with Crippen LogP contribution in [0.25, 0.3) is 10.9 Å². The number of hydrogen-bond donors (Lipinski definition) is 1. The highest BCUT2D eigenvalue weighted by atomic mass is 16.5. The Hall–Kier alpha value is -3.03. The molecule has 0 unspecified atom stereocenters. The lowest BCUT2D eigenvalue weighted by molar-refractivity contribution is 0.101. The molecule has 7 heteroatoms. The van der Waals surface area contributed by atoms with Gasteiger partial charge in [-0.3, -0.25) is 14.6 Å². The van der Waals surface area contributed by atoms with E-state index >= 15 is 0 Å². The molecular weight excluding hydrogens is 378 g/mol. The lowest BCUT2D eigenvalue weighted by Gasteiger charge is -2.34. The number of anilines is 1. The number of hydrogen-bond acceptors (Lipinski definition) is 7. The fourth-order valence-electron chi connectivity index (χ4n) is 3.89. The number of fused-ring (bicyclic) bond motifs is 1. The number of carbonyl (C=O) groups is 1. The van der Waals surface area contributed by atoms with Crippen molar-refractivity contribution in [3.63, 3.8) is 0 Å². The van der Waals surface area contributed by atoms with Crippen molar-refractivity contribution < 1.29 is 9.53 Å². The predicted octanol–water partition coefficient (Wildman–Crippen LogP) is 2.74. The number of rotatable bonds is 6. The number of nitrogens with two attached hydrogens (primary N) is 1. The third kappa shape index (κ3) is 4.42. The molecule has 0 aliphatic carbocycles. The van der Waals surface area contributed by atoms with Gasteiger partial charge in [0.25, 0.3) is 0 Å². The van der Waals surface area contributed by atoms with Gasteiger partial charge in [-0.2, -0.15) is 0 Å². The molecule has 0 bridgehead atoms. The van der Waals surface area contributed by atoms with Crippen LogP contribution in [0.4, 0.5) is 5.82 Å². The molecule has 0 radical (unpaired) electrons. The maximum Gasteiger partial charge on any atom is 0.159 e. The van der Waals surface area contributed by atoms with Gasteiger partial charge in [0.15, 0.2) is 5.78 Å². The topological polar surface area (TPSA) is 84.6 Å². The summed E-state index contributed by atoms with van der Waals surface area (Å²) in [7, 11) is 1.67. The van der Waals surface area contributed by atoms with Crippen molar-refractivity contribution in [2.24, 2.45) is 0 Å². The molecule has 2 heterocycles. The number of nitrogen functional groups attached to an aromatic ring is 1. The molecule has 1 aromatic heterocycles. The second-order valence-electron chi connectivity index (χ2n) is 7.68. The van der Waals surface area contributed by atoms with E-state index in [1.54, 1.807) is 14.0 Å². The molecule has 1 saturated heterocycles. The van der Waals surface area contributed by atoms with Crippen LogP contribution in [0.1, 0.15) is 28.7 Å². The van der Waals surface area contributed by atoms with Crippen molar-refractivity contribution in [1.29, 1.82) is 0 Å². The van der Waals surface area contributed by atoms with E-state index in [2.05, 4.69) is 19.8 Å². The largest absolute Gasteiger partial charge is 0.496 e. The summed E-state index contributed by atoms with van der Waals surface area (Å²) in [6.45, 7) is 6.73. The first-order valence-corrected chi connectivity index (χ1v) is 10.2. The Morgan fingerprint density at radius 2 is 1.73 bits per heavy atom. The quantitative estimate of drug-likeness (QED) is 0.631. The first-order valence-electron chi connectivity index (χ1n) is 10.2. The van der Waals surface area contributed by atoms with E-state index in [1.165, 1.54) is 0 Å². The summed E-state index contributed by atoms with van der Waals surface area (Å²) in [5.41, 5.74) is 8.77. The number of para-hydroxylation sites is 1. The fraction of sp³-hybridized carbons (Fsp3) is 0.348. The molecular formula is C23H27N5O2. The zero-order valence-corrected chi connectivity index (χ0v) is 17.5. The lowest BCUT2D eigenvalue weighted by Crippen LogP contribution is -2.45. The molecule has 0 spiro atoms. The molecule has 0 atom stereocenters. The number of carbonyl (C=O) groups excluding carboxylic acids is 1. The number of piperazine rings is 1. The van der Waals surface area contributed by atoms with Crippen LogP contribution in [0.15, 0.2) is 42.5 Å². The number of ketones is 1. The molecule has 4 rings (SSSR count). The average molecular weight is 406 g/mol. The molecule has 156 valence electrons. The van der Waals surface area contributed by atoms with E-state index in [4.69, 9.17) is 10.5 Å². The number of aromatic nitrogens is 2. The highest BCUT2D eigenvalue weighted by Crippen LogP contribution is 2.23. The number of Topliss-reactive ketones (excluding diaryl/α,β-unsaturated/α-hetero) is 1. The molecule has 2 aromatic carbocycles. The Bertz CT molecular complexity index is 1060. The Kier molecular flexibility index (Phi) is 5.92. The van der Waals surface area contributed by atoms with Crippen molar-refractivity contribution in [2.75, 3.05) is 39.0 Å². The Morgan fingerprint density at radius 3 is 2.43 bits per heavy atom. The Morgan fingerprint density at radius 1 is 1.03 bits per heavy atom. The summed E-state index contributed by atoms with van der Waals surface area (Å²) < 4.78 is 5.49. The second-order valence-corrected chi connectivity index (χ2v) is 7.68. The van der Waals surface area contributed by atoms with Crippen LogP contribution in [-0.4, -0.2) is 58.8 Å².